The summed E-state index contributed by atoms with van der Waals surface area (Å²) in [6.07, 6.45) is 8.61. The fraction of sp³-hybridized carbons (Fsp3) is 0.429. The fourth-order valence-electron chi connectivity index (χ4n) is 8.18. The summed E-state index contributed by atoms with van der Waals surface area (Å²) in [6.45, 7) is 6.81. The molecule has 0 aliphatic carbocycles. The average Bonchev–Trinajstić information content (AvgIpc) is 3.13. The molecule has 2 saturated heterocycles. The van der Waals surface area contributed by atoms with E-state index >= 15 is 0 Å². The van der Waals surface area contributed by atoms with E-state index in [0.717, 1.165) is 72.9 Å². The lowest BCUT2D eigenvalue weighted by Crippen LogP contribution is -2.41. The first-order chi connectivity index (χ1) is 22.5. The minimum atomic E-state index is -0.948. The molecule has 2 fully saturated rings. The van der Waals surface area contributed by atoms with Gasteiger partial charge in [0.15, 0.2) is 0 Å². The Morgan fingerprint density at radius 2 is 0.688 bits per heavy atom. The van der Waals surface area contributed by atoms with Crippen molar-refractivity contribution < 1.29 is 10.2 Å². The zero-order valence-corrected chi connectivity index (χ0v) is 29.8. The van der Waals surface area contributed by atoms with Crippen molar-refractivity contribution in [3.05, 3.63) is 144 Å². The third-order valence-corrected chi connectivity index (χ3v) is 11.0. The van der Waals surface area contributed by atoms with E-state index in [1.54, 1.807) is 0 Å². The van der Waals surface area contributed by atoms with Gasteiger partial charge in [0.05, 0.1) is 0 Å². The van der Waals surface area contributed by atoms with E-state index in [9.17, 15) is 10.2 Å². The van der Waals surface area contributed by atoms with Gasteiger partial charge >= 0.3 is 0 Å². The Kier molecular flexibility index (Phi) is 14.6. The molecule has 2 N–H and O–H groups in total. The minimum absolute atomic E-state index is 0. The van der Waals surface area contributed by atoms with Crippen molar-refractivity contribution in [2.75, 3.05) is 39.3 Å². The molecule has 0 atom stereocenters. The van der Waals surface area contributed by atoms with Crippen LogP contribution in [0.3, 0.4) is 0 Å². The highest BCUT2D eigenvalue weighted by Crippen LogP contribution is 2.37. The van der Waals surface area contributed by atoms with Crippen LogP contribution in [0, 0.1) is 11.8 Å². The Bertz CT molecular complexity index is 1250. The molecule has 6 rings (SSSR count). The van der Waals surface area contributed by atoms with Gasteiger partial charge in [0.2, 0.25) is 0 Å². The van der Waals surface area contributed by atoms with E-state index in [1.807, 2.05) is 72.8 Å². The molecule has 0 radical (unpaired) electrons. The second-order valence-corrected chi connectivity index (χ2v) is 13.7. The topological polar surface area (TPSA) is 46.9 Å². The number of aliphatic hydroxyl groups is 2. The number of halogens is 2. The van der Waals surface area contributed by atoms with E-state index in [0.29, 0.717) is 0 Å². The van der Waals surface area contributed by atoms with Crippen LogP contribution in [-0.4, -0.2) is 59.3 Å². The van der Waals surface area contributed by atoms with Crippen LogP contribution in [0.2, 0.25) is 0 Å². The van der Waals surface area contributed by atoms with Crippen LogP contribution >= 0.6 is 24.8 Å². The summed E-state index contributed by atoms with van der Waals surface area (Å²) in [5.41, 5.74) is 2.03. The quantitative estimate of drug-likeness (QED) is 0.148. The van der Waals surface area contributed by atoms with E-state index in [1.165, 1.54) is 51.9 Å². The summed E-state index contributed by atoms with van der Waals surface area (Å²) >= 11 is 0. The maximum Gasteiger partial charge on any atom is 0.115 e. The van der Waals surface area contributed by atoms with Gasteiger partial charge in [-0.15, -0.1) is 24.8 Å². The lowest BCUT2D eigenvalue weighted by molar-refractivity contribution is 0.0547. The third-order valence-electron chi connectivity index (χ3n) is 11.0. The predicted molar refractivity (Wildman–Crippen MR) is 203 cm³/mol. The summed E-state index contributed by atoms with van der Waals surface area (Å²) in [4.78, 5) is 5.26. The molecular formula is C42H54Cl2N2O2. The largest absolute Gasteiger partial charge is 0.380 e. The number of hydrogen-bond acceptors (Lipinski definition) is 4. The Labute approximate surface area is 301 Å². The van der Waals surface area contributed by atoms with Crippen LogP contribution in [-0.2, 0) is 11.2 Å². The molecule has 0 saturated carbocycles. The lowest BCUT2D eigenvalue weighted by atomic mass is 9.78. The highest BCUT2D eigenvalue weighted by molar-refractivity contribution is 5.85. The lowest BCUT2D eigenvalue weighted by Gasteiger charge is -2.40. The van der Waals surface area contributed by atoms with Crippen molar-refractivity contribution in [2.24, 2.45) is 11.8 Å². The predicted octanol–water partition coefficient (Wildman–Crippen LogP) is 8.69. The summed E-state index contributed by atoms with van der Waals surface area (Å²) in [5.74, 6) is 1.68. The van der Waals surface area contributed by atoms with Crippen molar-refractivity contribution in [2.45, 2.75) is 62.6 Å². The number of hydrogen-bond donors (Lipinski definition) is 2. The molecule has 2 heterocycles. The molecule has 2 aliphatic heterocycles. The summed E-state index contributed by atoms with van der Waals surface area (Å²) in [6, 6.07) is 40.7. The fourth-order valence-corrected chi connectivity index (χ4v) is 8.18. The molecule has 48 heavy (non-hydrogen) atoms. The molecule has 0 amide bonds. The highest BCUT2D eigenvalue weighted by atomic mass is 35.5. The first-order valence-electron chi connectivity index (χ1n) is 17.7. The second kappa shape index (κ2) is 18.3. The molecule has 6 heteroatoms. The van der Waals surface area contributed by atoms with Gasteiger partial charge in [-0.05, 0) is 125 Å². The van der Waals surface area contributed by atoms with Gasteiger partial charge in [0, 0.05) is 0 Å². The van der Waals surface area contributed by atoms with E-state index in [2.05, 4.69) is 58.3 Å². The van der Waals surface area contributed by atoms with Gasteiger partial charge in [-0.1, -0.05) is 121 Å². The number of rotatable bonds is 13. The Hall–Kier alpha value is -2.70. The Balaban J connectivity index is 0.00000260. The third kappa shape index (κ3) is 9.29. The van der Waals surface area contributed by atoms with Gasteiger partial charge in [-0.2, -0.15) is 0 Å². The Morgan fingerprint density at radius 3 is 0.938 bits per heavy atom. The molecule has 4 aromatic rings. The molecule has 0 unspecified atom stereocenters. The zero-order valence-electron chi connectivity index (χ0n) is 28.2. The molecule has 0 bridgehead atoms. The van der Waals surface area contributed by atoms with Crippen LogP contribution in [0.4, 0.5) is 0 Å². The van der Waals surface area contributed by atoms with Crippen molar-refractivity contribution in [3.8, 4) is 0 Å². The normalized spacial score (nSPS) is 17.0. The molecular weight excluding hydrogens is 635 g/mol. The van der Waals surface area contributed by atoms with Crippen molar-refractivity contribution in [1.29, 1.82) is 0 Å². The van der Waals surface area contributed by atoms with Crippen LogP contribution in [0.15, 0.2) is 121 Å². The van der Waals surface area contributed by atoms with Gasteiger partial charge in [0.25, 0.3) is 0 Å². The summed E-state index contributed by atoms with van der Waals surface area (Å²) < 4.78 is 0. The van der Waals surface area contributed by atoms with Crippen molar-refractivity contribution >= 4 is 24.8 Å². The number of benzene rings is 4. The monoisotopic (exact) mass is 688 g/mol. The SMILES string of the molecule is Cl.Cl.OC(CCCN1CCC(C2CCN(CCCC(O)(c3ccccc3)c3ccccc3)CC2)CC1)(c1ccccc1)c1ccccc1. The van der Waals surface area contributed by atoms with E-state index < -0.39 is 11.2 Å². The first kappa shape index (κ1) is 38.1. The molecule has 0 aromatic heterocycles. The number of piperidine rings is 2. The van der Waals surface area contributed by atoms with Gasteiger partial charge in [0.1, 0.15) is 11.2 Å². The number of nitrogens with zero attached hydrogens (tertiary/aromatic N) is 2. The van der Waals surface area contributed by atoms with Crippen LogP contribution in [0.5, 0.6) is 0 Å². The zero-order chi connectivity index (χ0) is 31.7. The summed E-state index contributed by atoms with van der Waals surface area (Å²) in [5, 5.41) is 23.8. The summed E-state index contributed by atoms with van der Waals surface area (Å²) in [7, 11) is 0. The molecule has 4 nitrogen and oxygen atoms in total. The molecule has 0 spiro atoms. The second-order valence-electron chi connectivity index (χ2n) is 13.7. The standard InChI is InChI=1S/C42H52N2O2.2ClH/c45-41(37-15-5-1-6-16-37,38-17-7-2-8-18-38)27-13-29-43-31-23-35(24-32-43)36-25-33-44(34-26-36)30-14-28-42(46,39-19-9-3-10-20-39)40-21-11-4-12-22-40;;/h1-12,15-22,35-36,45-46H,13-14,23-34H2;2*1H. The van der Waals surface area contributed by atoms with Crippen LogP contribution in [0.1, 0.15) is 73.6 Å². The molecule has 258 valence electrons. The minimum Gasteiger partial charge on any atom is -0.380 e. The Morgan fingerprint density at radius 1 is 0.438 bits per heavy atom. The molecule has 2 aliphatic rings. The average molecular weight is 690 g/mol. The van der Waals surface area contributed by atoms with Gasteiger partial charge in [-0.3, -0.25) is 0 Å². The maximum absolute atomic E-state index is 11.9. The highest BCUT2D eigenvalue weighted by Gasteiger charge is 2.34. The first-order valence-corrected chi connectivity index (χ1v) is 17.7. The van der Waals surface area contributed by atoms with Gasteiger partial charge in [-0.25, -0.2) is 0 Å². The van der Waals surface area contributed by atoms with Crippen LogP contribution < -0.4 is 0 Å². The molecule has 4 aromatic carbocycles. The van der Waals surface area contributed by atoms with Crippen LogP contribution in [0.25, 0.3) is 0 Å². The van der Waals surface area contributed by atoms with Crippen molar-refractivity contribution in [1.82, 2.24) is 9.80 Å². The maximum atomic E-state index is 11.9. The van der Waals surface area contributed by atoms with E-state index in [-0.39, 0.29) is 24.8 Å². The van der Waals surface area contributed by atoms with Gasteiger partial charge < -0.3 is 20.0 Å². The van der Waals surface area contributed by atoms with Crippen molar-refractivity contribution in [3.63, 3.8) is 0 Å². The van der Waals surface area contributed by atoms with E-state index in [4.69, 9.17) is 0 Å². The smallest absolute Gasteiger partial charge is 0.115 e. The number of likely N-dealkylation sites (tertiary alicyclic amines) is 2.